The summed E-state index contributed by atoms with van der Waals surface area (Å²) in [6.45, 7) is 0. The van der Waals surface area contributed by atoms with Gasteiger partial charge in [-0.05, 0) is 24.3 Å². The molecule has 0 aliphatic carbocycles. The van der Waals surface area contributed by atoms with E-state index in [1.165, 1.54) is 0 Å². The first kappa shape index (κ1) is 17.7. The zero-order valence-corrected chi connectivity index (χ0v) is 14.6. The molecule has 1 atom stereocenters. The number of carbonyl (C=O) groups excluding carboxylic acids is 2. The summed E-state index contributed by atoms with van der Waals surface area (Å²) in [5, 5.41) is 6.25. The fourth-order valence-corrected chi connectivity index (χ4v) is 2.66. The number of hydrogen-bond donors (Lipinski definition) is 2. The standard InChI is InChI=1S/C21H17ClN2O2/c22-17-13-7-8-14-18(17)23-20(19(25)15-9-3-1-4-10-15)24-21(26)16-11-5-2-6-12-16/h1-14,20,23H,(H,24,26). The minimum absolute atomic E-state index is 0.255. The average molecular weight is 365 g/mol. The third kappa shape index (κ3) is 4.29. The van der Waals surface area contributed by atoms with Gasteiger partial charge in [-0.25, -0.2) is 0 Å². The molecule has 0 spiro atoms. The molecule has 4 nitrogen and oxygen atoms in total. The smallest absolute Gasteiger partial charge is 0.253 e. The Labute approximate surface area is 156 Å². The van der Waals surface area contributed by atoms with E-state index in [4.69, 9.17) is 11.6 Å². The molecule has 2 N–H and O–H groups in total. The van der Waals surface area contributed by atoms with E-state index >= 15 is 0 Å². The number of nitrogens with one attached hydrogen (secondary N) is 2. The van der Waals surface area contributed by atoms with Gasteiger partial charge in [-0.2, -0.15) is 0 Å². The molecule has 1 amide bonds. The Hall–Kier alpha value is -3.11. The highest BCUT2D eigenvalue weighted by molar-refractivity contribution is 6.33. The van der Waals surface area contributed by atoms with Crippen LogP contribution >= 0.6 is 11.6 Å². The highest BCUT2D eigenvalue weighted by atomic mass is 35.5. The van der Waals surface area contributed by atoms with E-state index in [-0.39, 0.29) is 11.7 Å². The van der Waals surface area contributed by atoms with Gasteiger partial charge in [0, 0.05) is 11.1 Å². The first-order chi connectivity index (χ1) is 12.6. The molecule has 1 unspecified atom stereocenters. The van der Waals surface area contributed by atoms with Crippen LogP contribution in [0.2, 0.25) is 5.02 Å². The number of para-hydroxylation sites is 1. The topological polar surface area (TPSA) is 58.2 Å². The lowest BCUT2D eigenvalue weighted by Gasteiger charge is -2.21. The first-order valence-corrected chi connectivity index (χ1v) is 8.49. The number of amides is 1. The van der Waals surface area contributed by atoms with Crippen LogP contribution in [-0.4, -0.2) is 17.9 Å². The van der Waals surface area contributed by atoms with Crippen LogP contribution in [-0.2, 0) is 0 Å². The summed E-state index contributed by atoms with van der Waals surface area (Å²) in [5.41, 5.74) is 1.53. The van der Waals surface area contributed by atoms with Crippen molar-refractivity contribution in [2.24, 2.45) is 0 Å². The second kappa shape index (κ2) is 8.32. The molecule has 5 heteroatoms. The molecule has 0 heterocycles. The lowest BCUT2D eigenvalue weighted by molar-refractivity contribution is 0.0869. The molecule has 130 valence electrons. The van der Waals surface area contributed by atoms with E-state index in [9.17, 15) is 9.59 Å². The molecule has 0 radical (unpaired) electrons. The van der Waals surface area contributed by atoms with E-state index < -0.39 is 6.17 Å². The monoisotopic (exact) mass is 364 g/mol. The third-order valence-corrected chi connectivity index (χ3v) is 4.14. The third-order valence-electron chi connectivity index (χ3n) is 3.81. The lowest BCUT2D eigenvalue weighted by Crippen LogP contribution is -2.46. The fraction of sp³-hybridized carbons (Fsp3) is 0.0476. The van der Waals surface area contributed by atoms with Crippen molar-refractivity contribution in [3.8, 4) is 0 Å². The minimum atomic E-state index is -0.954. The summed E-state index contributed by atoms with van der Waals surface area (Å²) in [5.74, 6) is -0.603. The Balaban J connectivity index is 1.87. The van der Waals surface area contributed by atoms with E-state index in [2.05, 4.69) is 10.6 Å². The molecule has 0 bridgehead atoms. The average Bonchev–Trinajstić information content (AvgIpc) is 2.70. The zero-order valence-electron chi connectivity index (χ0n) is 13.9. The molecule has 26 heavy (non-hydrogen) atoms. The van der Waals surface area contributed by atoms with Gasteiger partial charge in [0.1, 0.15) is 0 Å². The number of Topliss-reactive ketones (excluding diaryl/α,β-unsaturated/α-hetero) is 1. The Bertz CT molecular complexity index is 898. The van der Waals surface area contributed by atoms with Gasteiger partial charge in [-0.15, -0.1) is 0 Å². The van der Waals surface area contributed by atoms with Crippen LogP contribution in [0.15, 0.2) is 84.9 Å². The highest BCUT2D eigenvalue weighted by Crippen LogP contribution is 2.21. The van der Waals surface area contributed by atoms with Crippen molar-refractivity contribution in [1.29, 1.82) is 0 Å². The summed E-state index contributed by atoms with van der Waals surface area (Å²) in [6, 6.07) is 24.6. The molecular weight excluding hydrogens is 348 g/mol. The normalized spacial score (nSPS) is 11.4. The molecule has 0 aliphatic heterocycles. The van der Waals surface area contributed by atoms with Crippen molar-refractivity contribution in [3.63, 3.8) is 0 Å². The molecule has 0 saturated heterocycles. The number of rotatable bonds is 6. The van der Waals surface area contributed by atoms with Crippen molar-refractivity contribution in [1.82, 2.24) is 5.32 Å². The van der Waals surface area contributed by atoms with Crippen molar-refractivity contribution >= 4 is 29.0 Å². The number of ketones is 1. The van der Waals surface area contributed by atoms with E-state index in [1.807, 2.05) is 12.1 Å². The van der Waals surface area contributed by atoms with Crippen molar-refractivity contribution < 1.29 is 9.59 Å². The second-order valence-electron chi connectivity index (χ2n) is 5.63. The molecule has 0 fully saturated rings. The van der Waals surface area contributed by atoms with E-state index in [0.717, 1.165) is 0 Å². The summed E-state index contributed by atoms with van der Waals surface area (Å²) in [6.07, 6.45) is -0.954. The van der Waals surface area contributed by atoms with Crippen molar-refractivity contribution in [3.05, 3.63) is 101 Å². The minimum Gasteiger partial charge on any atom is -0.358 e. The molecule has 3 aromatic carbocycles. The van der Waals surface area contributed by atoms with Crippen LogP contribution < -0.4 is 10.6 Å². The number of carbonyl (C=O) groups is 2. The fourth-order valence-electron chi connectivity index (χ4n) is 2.47. The van der Waals surface area contributed by atoms with Crippen LogP contribution in [0.4, 0.5) is 5.69 Å². The van der Waals surface area contributed by atoms with Crippen LogP contribution in [0.25, 0.3) is 0 Å². The Morgan fingerprint density at radius 3 is 1.88 bits per heavy atom. The number of hydrogen-bond acceptors (Lipinski definition) is 3. The predicted molar refractivity (Wildman–Crippen MR) is 104 cm³/mol. The molecule has 3 aromatic rings. The predicted octanol–water partition coefficient (Wildman–Crippen LogP) is 4.39. The van der Waals surface area contributed by atoms with Gasteiger partial charge in [-0.1, -0.05) is 72.3 Å². The summed E-state index contributed by atoms with van der Waals surface area (Å²) in [7, 11) is 0. The van der Waals surface area contributed by atoms with Gasteiger partial charge in [0.05, 0.1) is 10.7 Å². The molecule has 0 saturated carbocycles. The number of anilines is 1. The Kier molecular flexibility index (Phi) is 5.66. The van der Waals surface area contributed by atoms with Gasteiger partial charge in [0.2, 0.25) is 5.78 Å². The highest BCUT2D eigenvalue weighted by Gasteiger charge is 2.23. The molecular formula is C21H17ClN2O2. The molecule has 0 aromatic heterocycles. The molecule has 3 rings (SSSR count). The van der Waals surface area contributed by atoms with Gasteiger partial charge < -0.3 is 10.6 Å². The van der Waals surface area contributed by atoms with Gasteiger partial charge in [-0.3, -0.25) is 9.59 Å². The van der Waals surface area contributed by atoms with E-state index in [0.29, 0.717) is 21.8 Å². The molecule has 0 aliphatic rings. The Morgan fingerprint density at radius 2 is 1.27 bits per heavy atom. The Morgan fingerprint density at radius 1 is 0.731 bits per heavy atom. The lowest BCUT2D eigenvalue weighted by atomic mass is 10.1. The zero-order chi connectivity index (χ0) is 18.4. The maximum absolute atomic E-state index is 12.9. The van der Waals surface area contributed by atoms with Gasteiger partial charge in [0.25, 0.3) is 5.91 Å². The van der Waals surface area contributed by atoms with Gasteiger partial charge >= 0.3 is 0 Å². The summed E-state index contributed by atoms with van der Waals surface area (Å²) in [4.78, 5) is 25.4. The quantitative estimate of drug-likeness (QED) is 0.503. The SMILES string of the molecule is O=C(NC(Nc1ccccc1Cl)C(=O)c1ccccc1)c1ccccc1. The second-order valence-corrected chi connectivity index (χ2v) is 6.03. The van der Waals surface area contributed by atoms with Crippen molar-refractivity contribution in [2.45, 2.75) is 6.17 Å². The van der Waals surface area contributed by atoms with Crippen LogP contribution in [0.3, 0.4) is 0 Å². The summed E-state index contributed by atoms with van der Waals surface area (Å²) >= 11 is 6.19. The maximum Gasteiger partial charge on any atom is 0.253 e. The largest absolute Gasteiger partial charge is 0.358 e. The first-order valence-electron chi connectivity index (χ1n) is 8.11. The maximum atomic E-state index is 12.9. The number of benzene rings is 3. The van der Waals surface area contributed by atoms with Gasteiger partial charge in [0.15, 0.2) is 6.17 Å². The van der Waals surface area contributed by atoms with Crippen LogP contribution in [0.1, 0.15) is 20.7 Å². The van der Waals surface area contributed by atoms with Crippen molar-refractivity contribution in [2.75, 3.05) is 5.32 Å². The summed E-state index contributed by atoms with van der Waals surface area (Å²) < 4.78 is 0. The van der Waals surface area contributed by atoms with Crippen LogP contribution in [0.5, 0.6) is 0 Å². The number of halogens is 1. The van der Waals surface area contributed by atoms with Crippen LogP contribution in [0, 0.1) is 0 Å². The van der Waals surface area contributed by atoms with E-state index in [1.54, 1.807) is 72.8 Å².